The zero-order chi connectivity index (χ0) is 19.2. The van der Waals surface area contributed by atoms with Crippen LogP contribution in [0.15, 0.2) is 60.7 Å². The number of benzene rings is 2. The molecule has 0 atom stereocenters. The molecule has 0 fully saturated rings. The number of aryl methyl sites for hydroxylation is 2. The molecule has 0 spiro atoms. The SMILES string of the molecule is CC.CC.CC(C)C.CCCc1ccccc1.Cc1ccccc1. The fourth-order valence-electron chi connectivity index (χ4n) is 1.47. The van der Waals surface area contributed by atoms with Gasteiger partial charge in [0.05, 0.1) is 0 Å². The fourth-order valence-corrected chi connectivity index (χ4v) is 1.47. The first-order valence-corrected chi connectivity index (χ1v) is 9.61. The Bertz CT molecular complexity index is 398. The van der Waals surface area contributed by atoms with Gasteiger partial charge in [-0.3, -0.25) is 0 Å². The van der Waals surface area contributed by atoms with Crippen molar-refractivity contribution in [2.24, 2.45) is 5.92 Å². The Labute approximate surface area is 153 Å². The van der Waals surface area contributed by atoms with E-state index < -0.39 is 0 Å². The molecule has 0 nitrogen and oxygen atoms in total. The number of rotatable bonds is 2. The molecule has 0 bridgehead atoms. The van der Waals surface area contributed by atoms with Crippen molar-refractivity contribution in [1.29, 1.82) is 0 Å². The van der Waals surface area contributed by atoms with Crippen LogP contribution in [0.5, 0.6) is 0 Å². The molecule has 0 aliphatic rings. The Morgan fingerprint density at radius 1 is 0.667 bits per heavy atom. The Morgan fingerprint density at radius 2 is 1.00 bits per heavy atom. The van der Waals surface area contributed by atoms with Crippen LogP contribution in [0.1, 0.15) is 72.9 Å². The third-order valence-electron chi connectivity index (χ3n) is 2.32. The fraction of sp³-hybridized carbons (Fsp3) is 0.500. The molecule has 2 aromatic rings. The smallest absolute Gasteiger partial charge is 0.0281 e. The van der Waals surface area contributed by atoms with Gasteiger partial charge in [0, 0.05) is 0 Å². The lowest BCUT2D eigenvalue weighted by Gasteiger charge is -1.93. The molecule has 0 N–H and O–H groups in total. The maximum atomic E-state index is 2.20. The number of hydrogen-bond donors (Lipinski definition) is 0. The lowest BCUT2D eigenvalue weighted by molar-refractivity contribution is 0.737. The van der Waals surface area contributed by atoms with Crippen LogP contribution < -0.4 is 0 Å². The summed E-state index contributed by atoms with van der Waals surface area (Å²) >= 11 is 0. The summed E-state index contributed by atoms with van der Waals surface area (Å²) in [5, 5.41) is 0. The largest absolute Gasteiger partial charge is 0.0683 e. The second-order valence-corrected chi connectivity index (χ2v) is 5.62. The molecule has 24 heavy (non-hydrogen) atoms. The minimum atomic E-state index is 0.833. The van der Waals surface area contributed by atoms with Gasteiger partial charge in [-0.1, -0.05) is 128 Å². The maximum absolute atomic E-state index is 2.20. The van der Waals surface area contributed by atoms with Crippen molar-refractivity contribution in [3.05, 3.63) is 71.8 Å². The predicted octanol–water partition coefficient (Wildman–Crippen LogP) is 8.35. The Hall–Kier alpha value is -1.56. The quantitative estimate of drug-likeness (QED) is 0.519. The molecule has 2 aromatic carbocycles. The Balaban J connectivity index is -0.000000263. The van der Waals surface area contributed by atoms with Gasteiger partial charge in [-0.05, 0) is 24.8 Å². The van der Waals surface area contributed by atoms with Crippen LogP contribution in [0.3, 0.4) is 0 Å². The minimum absolute atomic E-state index is 0.833. The first-order valence-electron chi connectivity index (χ1n) is 9.61. The van der Waals surface area contributed by atoms with Gasteiger partial charge in [0.25, 0.3) is 0 Å². The zero-order valence-corrected chi connectivity index (χ0v) is 17.8. The van der Waals surface area contributed by atoms with Crippen molar-refractivity contribution in [1.82, 2.24) is 0 Å². The molecule has 0 heteroatoms. The highest BCUT2D eigenvalue weighted by Gasteiger charge is 1.84. The summed E-state index contributed by atoms with van der Waals surface area (Å²) in [5.74, 6) is 0.833. The molecule has 0 saturated heterocycles. The summed E-state index contributed by atoms with van der Waals surface area (Å²) in [6.45, 7) is 18.8. The van der Waals surface area contributed by atoms with E-state index in [0.717, 1.165) is 5.92 Å². The van der Waals surface area contributed by atoms with Gasteiger partial charge in [0.15, 0.2) is 0 Å². The molecule has 0 heterocycles. The molecule has 138 valence electrons. The van der Waals surface area contributed by atoms with E-state index in [9.17, 15) is 0 Å². The zero-order valence-electron chi connectivity index (χ0n) is 17.8. The second-order valence-electron chi connectivity index (χ2n) is 5.62. The summed E-state index contributed by atoms with van der Waals surface area (Å²) in [7, 11) is 0. The lowest BCUT2D eigenvalue weighted by atomic mass is 10.1. The highest BCUT2D eigenvalue weighted by atomic mass is 13.9. The average Bonchev–Trinajstić information content (AvgIpc) is 2.60. The lowest BCUT2D eigenvalue weighted by Crippen LogP contribution is -1.78. The van der Waals surface area contributed by atoms with Gasteiger partial charge in [0.2, 0.25) is 0 Å². The van der Waals surface area contributed by atoms with E-state index in [1.165, 1.54) is 24.0 Å². The molecule has 0 aliphatic heterocycles. The summed E-state index contributed by atoms with van der Waals surface area (Å²) in [6, 6.07) is 20.8. The van der Waals surface area contributed by atoms with E-state index in [2.05, 4.69) is 77.1 Å². The van der Waals surface area contributed by atoms with Crippen molar-refractivity contribution in [2.45, 2.75) is 75.2 Å². The van der Waals surface area contributed by atoms with Crippen LogP contribution in [0.25, 0.3) is 0 Å². The molecule has 0 saturated carbocycles. The van der Waals surface area contributed by atoms with Crippen LogP contribution in [-0.4, -0.2) is 0 Å². The molecule has 0 aliphatic carbocycles. The molecular formula is C24H42. The molecule has 0 unspecified atom stereocenters. The normalized spacial score (nSPS) is 8.08. The standard InChI is InChI=1S/C9H12.C7H8.C4H10.2C2H6/c1-2-6-9-7-4-3-5-8-9;1-7-5-3-2-4-6-7;1-4(2)3;2*1-2/h3-5,7-8H,2,6H2,1H3;2-6H,1H3;4H,1-3H3;2*1-2H3. The van der Waals surface area contributed by atoms with Crippen LogP contribution >= 0.6 is 0 Å². The Kier molecular flexibility index (Phi) is 27.0. The topological polar surface area (TPSA) is 0 Å². The molecule has 0 amide bonds. The van der Waals surface area contributed by atoms with Gasteiger partial charge < -0.3 is 0 Å². The molecule has 0 aromatic heterocycles. The van der Waals surface area contributed by atoms with Crippen LogP contribution in [0, 0.1) is 12.8 Å². The van der Waals surface area contributed by atoms with Crippen molar-refractivity contribution in [3.63, 3.8) is 0 Å². The monoisotopic (exact) mass is 330 g/mol. The number of hydrogen-bond acceptors (Lipinski definition) is 0. The summed E-state index contributed by atoms with van der Waals surface area (Å²) in [4.78, 5) is 0. The Morgan fingerprint density at radius 3 is 1.25 bits per heavy atom. The molecule has 2 rings (SSSR count). The van der Waals surface area contributed by atoms with Gasteiger partial charge in [-0.2, -0.15) is 0 Å². The summed E-state index contributed by atoms with van der Waals surface area (Å²) < 4.78 is 0. The van der Waals surface area contributed by atoms with Gasteiger partial charge in [-0.15, -0.1) is 0 Å². The predicted molar refractivity (Wildman–Crippen MR) is 115 cm³/mol. The first kappa shape index (κ1) is 27.3. The van der Waals surface area contributed by atoms with Crippen molar-refractivity contribution in [3.8, 4) is 0 Å². The van der Waals surface area contributed by atoms with E-state index in [-0.39, 0.29) is 0 Å². The summed E-state index contributed by atoms with van der Waals surface area (Å²) in [5.41, 5.74) is 2.77. The first-order chi connectivity index (χ1) is 11.6. The van der Waals surface area contributed by atoms with Gasteiger partial charge >= 0.3 is 0 Å². The molecule has 0 radical (unpaired) electrons. The van der Waals surface area contributed by atoms with Crippen molar-refractivity contribution in [2.75, 3.05) is 0 Å². The average molecular weight is 331 g/mol. The second kappa shape index (κ2) is 23.7. The van der Waals surface area contributed by atoms with Crippen molar-refractivity contribution >= 4 is 0 Å². The van der Waals surface area contributed by atoms with Crippen LogP contribution in [-0.2, 0) is 6.42 Å². The third-order valence-corrected chi connectivity index (χ3v) is 2.32. The van der Waals surface area contributed by atoms with E-state index in [0.29, 0.717) is 0 Å². The third kappa shape index (κ3) is 25.4. The molecular weight excluding hydrogens is 288 g/mol. The van der Waals surface area contributed by atoms with E-state index in [4.69, 9.17) is 0 Å². The van der Waals surface area contributed by atoms with Crippen molar-refractivity contribution < 1.29 is 0 Å². The highest BCUT2D eigenvalue weighted by Crippen LogP contribution is 2.00. The van der Waals surface area contributed by atoms with Gasteiger partial charge in [0.1, 0.15) is 0 Å². The van der Waals surface area contributed by atoms with E-state index >= 15 is 0 Å². The van der Waals surface area contributed by atoms with Crippen LogP contribution in [0.4, 0.5) is 0 Å². The summed E-state index contributed by atoms with van der Waals surface area (Å²) in [6.07, 6.45) is 2.45. The van der Waals surface area contributed by atoms with Crippen LogP contribution in [0.2, 0.25) is 0 Å². The minimum Gasteiger partial charge on any atom is -0.0683 e. The highest BCUT2D eigenvalue weighted by molar-refractivity contribution is 5.14. The van der Waals surface area contributed by atoms with E-state index in [1.807, 2.05) is 45.9 Å². The van der Waals surface area contributed by atoms with Gasteiger partial charge in [-0.25, -0.2) is 0 Å². The van der Waals surface area contributed by atoms with E-state index in [1.54, 1.807) is 0 Å². The maximum Gasteiger partial charge on any atom is -0.0281 e.